The largest absolute Gasteiger partial charge is 0.0649 e. The Kier molecular flexibility index (Phi) is 3.14. The van der Waals surface area contributed by atoms with E-state index < -0.39 is 0 Å². The first-order valence-electron chi connectivity index (χ1n) is 7.43. The lowest BCUT2D eigenvalue weighted by atomic mass is 9.78. The van der Waals surface area contributed by atoms with E-state index in [0.29, 0.717) is 5.41 Å². The quantitative estimate of drug-likeness (QED) is 0.607. The van der Waals surface area contributed by atoms with Gasteiger partial charge in [-0.3, -0.25) is 0 Å². The van der Waals surface area contributed by atoms with Crippen molar-refractivity contribution in [2.24, 2.45) is 28.6 Å². The molecule has 0 aromatic carbocycles. The molecule has 0 heterocycles. The number of hydrogen-bond acceptors (Lipinski definition) is 0. The van der Waals surface area contributed by atoms with Crippen molar-refractivity contribution in [3.8, 4) is 0 Å². The van der Waals surface area contributed by atoms with Gasteiger partial charge in [-0.2, -0.15) is 0 Å². The topological polar surface area (TPSA) is 0 Å². The van der Waals surface area contributed by atoms with E-state index in [2.05, 4.69) is 34.6 Å². The van der Waals surface area contributed by atoms with E-state index in [4.69, 9.17) is 0 Å². The molecular formula is C16H30. The van der Waals surface area contributed by atoms with Crippen LogP contribution in [-0.4, -0.2) is 0 Å². The van der Waals surface area contributed by atoms with Gasteiger partial charge in [0.05, 0.1) is 0 Å². The minimum Gasteiger partial charge on any atom is -0.0649 e. The van der Waals surface area contributed by atoms with Crippen LogP contribution in [0, 0.1) is 28.6 Å². The average Bonchev–Trinajstić information content (AvgIpc) is 2.62. The van der Waals surface area contributed by atoms with Crippen molar-refractivity contribution in [2.45, 2.75) is 73.1 Å². The van der Waals surface area contributed by atoms with Gasteiger partial charge in [0.15, 0.2) is 0 Å². The van der Waals surface area contributed by atoms with Crippen LogP contribution in [0.1, 0.15) is 73.1 Å². The second-order valence-electron chi connectivity index (χ2n) is 7.45. The third-order valence-electron chi connectivity index (χ3n) is 5.98. The fraction of sp³-hybridized carbons (Fsp3) is 1.00. The van der Waals surface area contributed by atoms with Gasteiger partial charge < -0.3 is 0 Å². The van der Waals surface area contributed by atoms with Crippen LogP contribution in [0.4, 0.5) is 0 Å². The van der Waals surface area contributed by atoms with Gasteiger partial charge in [0, 0.05) is 0 Å². The van der Waals surface area contributed by atoms with Crippen LogP contribution in [0.3, 0.4) is 0 Å². The van der Waals surface area contributed by atoms with Crippen molar-refractivity contribution >= 4 is 0 Å². The van der Waals surface area contributed by atoms with E-state index in [1.165, 1.54) is 38.5 Å². The lowest BCUT2D eigenvalue weighted by Crippen LogP contribution is -2.17. The van der Waals surface area contributed by atoms with Crippen molar-refractivity contribution in [1.29, 1.82) is 0 Å². The first kappa shape index (κ1) is 12.5. The predicted octanol–water partition coefficient (Wildman–Crippen LogP) is 5.28. The molecule has 0 saturated heterocycles. The van der Waals surface area contributed by atoms with E-state index >= 15 is 0 Å². The molecule has 2 aliphatic rings. The molecule has 0 aromatic rings. The summed E-state index contributed by atoms with van der Waals surface area (Å²) in [6.45, 7) is 12.3. The standard InChI is InChI=1S/C16H30/c1-6-15(4,5)11-12(2)14-13(3)16(14)9-7-8-10-16/h12-14H,6-11H2,1-5H3. The Labute approximate surface area is 102 Å². The third-order valence-corrected chi connectivity index (χ3v) is 5.98. The van der Waals surface area contributed by atoms with Crippen LogP contribution < -0.4 is 0 Å². The summed E-state index contributed by atoms with van der Waals surface area (Å²) in [6, 6.07) is 0. The Morgan fingerprint density at radius 2 is 1.81 bits per heavy atom. The highest BCUT2D eigenvalue weighted by Crippen LogP contribution is 2.70. The first-order chi connectivity index (χ1) is 7.43. The molecule has 3 atom stereocenters. The molecule has 3 unspecified atom stereocenters. The van der Waals surface area contributed by atoms with Gasteiger partial charge in [-0.1, -0.05) is 53.9 Å². The molecule has 0 amide bonds. The molecule has 94 valence electrons. The van der Waals surface area contributed by atoms with Gasteiger partial charge in [-0.25, -0.2) is 0 Å². The summed E-state index contributed by atoms with van der Waals surface area (Å²) < 4.78 is 0. The molecule has 0 radical (unpaired) electrons. The van der Waals surface area contributed by atoms with E-state index in [9.17, 15) is 0 Å². The fourth-order valence-corrected chi connectivity index (χ4v) is 4.76. The van der Waals surface area contributed by atoms with Crippen molar-refractivity contribution < 1.29 is 0 Å². The minimum absolute atomic E-state index is 0.557. The number of hydrogen-bond donors (Lipinski definition) is 0. The Morgan fingerprint density at radius 3 is 2.31 bits per heavy atom. The highest BCUT2D eigenvalue weighted by atomic mass is 14.7. The molecule has 1 spiro atoms. The molecule has 0 bridgehead atoms. The Bertz CT molecular complexity index is 245. The lowest BCUT2D eigenvalue weighted by Gasteiger charge is -2.27. The van der Waals surface area contributed by atoms with Gasteiger partial charge in [-0.05, 0) is 47.8 Å². The molecule has 2 saturated carbocycles. The molecule has 0 heteroatoms. The summed E-state index contributed by atoms with van der Waals surface area (Å²) in [5, 5.41) is 0. The molecule has 0 aromatic heterocycles. The van der Waals surface area contributed by atoms with E-state index in [1.54, 1.807) is 0 Å². The third kappa shape index (κ3) is 1.93. The zero-order chi connectivity index (χ0) is 12.0. The molecule has 0 N–H and O–H groups in total. The molecule has 2 aliphatic carbocycles. The fourth-order valence-electron chi connectivity index (χ4n) is 4.76. The first-order valence-corrected chi connectivity index (χ1v) is 7.43. The van der Waals surface area contributed by atoms with E-state index in [1.807, 2.05) is 0 Å². The smallest absolute Gasteiger partial charge is 0.0235 e. The zero-order valence-corrected chi connectivity index (χ0v) is 12.0. The molecule has 2 fully saturated rings. The van der Waals surface area contributed by atoms with Crippen molar-refractivity contribution in [2.75, 3.05) is 0 Å². The maximum Gasteiger partial charge on any atom is -0.0235 e. The highest BCUT2D eigenvalue weighted by Gasteiger charge is 2.63. The van der Waals surface area contributed by atoms with Crippen molar-refractivity contribution in [3.63, 3.8) is 0 Å². The van der Waals surface area contributed by atoms with Crippen LogP contribution >= 0.6 is 0 Å². The second-order valence-corrected chi connectivity index (χ2v) is 7.45. The van der Waals surface area contributed by atoms with Crippen molar-refractivity contribution in [1.82, 2.24) is 0 Å². The Morgan fingerprint density at radius 1 is 1.25 bits per heavy atom. The zero-order valence-electron chi connectivity index (χ0n) is 12.0. The molecule has 0 aliphatic heterocycles. The highest BCUT2D eigenvalue weighted by molar-refractivity contribution is 5.12. The minimum atomic E-state index is 0.557. The van der Waals surface area contributed by atoms with Gasteiger partial charge in [0.1, 0.15) is 0 Å². The predicted molar refractivity (Wildman–Crippen MR) is 71.4 cm³/mol. The van der Waals surface area contributed by atoms with Gasteiger partial charge in [-0.15, -0.1) is 0 Å². The van der Waals surface area contributed by atoms with Crippen LogP contribution in [0.5, 0.6) is 0 Å². The average molecular weight is 222 g/mol. The van der Waals surface area contributed by atoms with Crippen molar-refractivity contribution in [3.05, 3.63) is 0 Å². The Balaban J connectivity index is 1.94. The summed E-state index contributed by atoms with van der Waals surface area (Å²) in [5.41, 5.74) is 1.37. The van der Waals surface area contributed by atoms with E-state index in [0.717, 1.165) is 23.2 Å². The normalized spacial score (nSPS) is 34.3. The monoisotopic (exact) mass is 222 g/mol. The molecule has 0 nitrogen and oxygen atoms in total. The summed E-state index contributed by atoms with van der Waals surface area (Å²) in [7, 11) is 0. The van der Waals surface area contributed by atoms with E-state index in [-0.39, 0.29) is 0 Å². The second kappa shape index (κ2) is 4.03. The maximum absolute atomic E-state index is 2.52. The maximum atomic E-state index is 2.52. The SMILES string of the molecule is CCC(C)(C)CC(C)C1C(C)C12CCCC2. The van der Waals surface area contributed by atoms with Gasteiger partial charge in [0.2, 0.25) is 0 Å². The van der Waals surface area contributed by atoms with Gasteiger partial charge >= 0.3 is 0 Å². The summed E-state index contributed by atoms with van der Waals surface area (Å²) in [4.78, 5) is 0. The summed E-state index contributed by atoms with van der Waals surface area (Å²) in [5.74, 6) is 3.03. The molecule has 16 heavy (non-hydrogen) atoms. The molecule has 2 rings (SSSR count). The van der Waals surface area contributed by atoms with Crippen LogP contribution in [0.15, 0.2) is 0 Å². The Hall–Kier alpha value is 0. The number of rotatable bonds is 4. The molecular weight excluding hydrogens is 192 g/mol. The summed E-state index contributed by atoms with van der Waals surface area (Å²) in [6.07, 6.45) is 8.84. The van der Waals surface area contributed by atoms with Crippen LogP contribution in [-0.2, 0) is 0 Å². The van der Waals surface area contributed by atoms with Crippen LogP contribution in [0.25, 0.3) is 0 Å². The van der Waals surface area contributed by atoms with Gasteiger partial charge in [0.25, 0.3) is 0 Å². The summed E-state index contributed by atoms with van der Waals surface area (Å²) >= 11 is 0. The van der Waals surface area contributed by atoms with Crippen LogP contribution in [0.2, 0.25) is 0 Å². The lowest BCUT2D eigenvalue weighted by molar-refractivity contribution is 0.231.